The van der Waals surface area contributed by atoms with Gasteiger partial charge in [0.1, 0.15) is 5.69 Å². The largest absolute Gasteiger partial charge is 0.346 e. The predicted molar refractivity (Wildman–Crippen MR) is 104 cm³/mol. The first-order valence-electron chi connectivity index (χ1n) is 9.19. The highest BCUT2D eigenvalue weighted by atomic mass is 35.5. The quantitative estimate of drug-likeness (QED) is 0.713. The first-order valence-corrected chi connectivity index (χ1v) is 9.56. The summed E-state index contributed by atoms with van der Waals surface area (Å²) >= 11 is 6.10. The van der Waals surface area contributed by atoms with Gasteiger partial charge in [-0.1, -0.05) is 11.6 Å². The third-order valence-electron chi connectivity index (χ3n) is 5.66. The van der Waals surface area contributed by atoms with Crippen LogP contribution >= 0.6 is 11.6 Å². The van der Waals surface area contributed by atoms with E-state index in [4.69, 9.17) is 11.6 Å². The van der Waals surface area contributed by atoms with E-state index in [2.05, 4.69) is 20.3 Å². The molecule has 3 aliphatic rings. The van der Waals surface area contributed by atoms with Gasteiger partial charge in [0.2, 0.25) is 0 Å². The highest BCUT2D eigenvalue weighted by Gasteiger charge is 2.54. The van der Waals surface area contributed by atoms with Gasteiger partial charge in [-0.05, 0) is 49.2 Å². The van der Waals surface area contributed by atoms with Crippen LogP contribution in [0.4, 0.5) is 0 Å². The number of hydrogen-bond donors (Lipinski definition) is 2. The molecule has 4 heterocycles. The molecule has 0 radical (unpaired) electrons. The van der Waals surface area contributed by atoms with Gasteiger partial charge in [0, 0.05) is 23.0 Å². The Kier molecular flexibility index (Phi) is 3.87. The number of H-pyrrole nitrogens is 1. The molecule has 28 heavy (non-hydrogen) atoms. The van der Waals surface area contributed by atoms with E-state index in [9.17, 15) is 9.59 Å². The summed E-state index contributed by atoms with van der Waals surface area (Å²) in [7, 11) is 0. The molecule has 3 fully saturated rings. The zero-order valence-electron chi connectivity index (χ0n) is 15.1. The molecule has 1 saturated carbocycles. The van der Waals surface area contributed by atoms with Crippen LogP contribution in [0.5, 0.6) is 0 Å². The van der Waals surface area contributed by atoms with Gasteiger partial charge in [0.25, 0.3) is 11.8 Å². The van der Waals surface area contributed by atoms with Crippen LogP contribution < -0.4 is 5.32 Å². The summed E-state index contributed by atoms with van der Waals surface area (Å²) < 4.78 is 0. The Balaban J connectivity index is 1.31. The van der Waals surface area contributed by atoms with Crippen LogP contribution in [0.1, 0.15) is 32.8 Å². The van der Waals surface area contributed by atoms with E-state index >= 15 is 0 Å². The van der Waals surface area contributed by atoms with Gasteiger partial charge in [-0.15, -0.1) is 0 Å². The van der Waals surface area contributed by atoms with Crippen molar-refractivity contribution in [3.05, 3.63) is 58.5 Å². The monoisotopic (exact) mass is 395 g/mol. The number of pyridine rings is 1. The van der Waals surface area contributed by atoms with E-state index in [1.54, 1.807) is 24.5 Å². The van der Waals surface area contributed by atoms with Crippen LogP contribution in [0.15, 0.2) is 36.7 Å². The number of fused-ring (bicyclic) bond motifs is 2. The van der Waals surface area contributed by atoms with Crippen LogP contribution in [0.25, 0.3) is 11.2 Å². The highest BCUT2D eigenvalue weighted by Crippen LogP contribution is 2.42. The summed E-state index contributed by atoms with van der Waals surface area (Å²) in [6, 6.07) is 8.80. The van der Waals surface area contributed by atoms with Gasteiger partial charge < -0.3 is 15.2 Å². The Morgan fingerprint density at radius 1 is 1.29 bits per heavy atom. The molecular weight excluding hydrogens is 378 g/mol. The second-order valence-electron chi connectivity index (χ2n) is 7.51. The molecule has 1 aliphatic carbocycles. The molecule has 2 N–H and O–H groups in total. The predicted octanol–water partition coefficient (Wildman–Crippen LogP) is 2.56. The van der Waals surface area contributed by atoms with Crippen LogP contribution in [-0.4, -0.2) is 50.3 Å². The lowest BCUT2D eigenvalue weighted by Gasteiger charge is -2.36. The van der Waals surface area contributed by atoms with Crippen LogP contribution in [0.3, 0.4) is 0 Å². The molecule has 1 aromatic carbocycles. The van der Waals surface area contributed by atoms with E-state index in [-0.39, 0.29) is 29.8 Å². The minimum atomic E-state index is -0.238. The highest BCUT2D eigenvalue weighted by molar-refractivity contribution is 6.31. The van der Waals surface area contributed by atoms with Gasteiger partial charge >= 0.3 is 0 Å². The second kappa shape index (κ2) is 6.31. The van der Waals surface area contributed by atoms with Gasteiger partial charge in [-0.3, -0.25) is 9.59 Å². The zero-order valence-corrected chi connectivity index (χ0v) is 15.9. The van der Waals surface area contributed by atoms with Gasteiger partial charge in [-0.2, -0.15) is 0 Å². The number of aryl methyl sites for hydroxylation is 1. The van der Waals surface area contributed by atoms with Crippen molar-refractivity contribution in [2.24, 2.45) is 5.92 Å². The maximum Gasteiger partial charge on any atom is 0.270 e. The minimum Gasteiger partial charge on any atom is -0.346 e. The summed E-state index contributed by atoms with van der Waals surface area (Å²) in [5, 5.41) is 3.61. The SMILES string of the molecule is Cc1cc(Cl)cc(C(=O)N2CC3CC2C3NC(=O)c2ccc3[nH]cnc3n2)c1. The van der Waals surface area contributed by atoms with E-state index in [1.807, 2.05) is 24.0 Å². The molecule has 3 unspecified atom stereocenters. The average molecular weight is 396 g/mol. The van der Waals surface area contributed by atoms with Crippen molar-refractivity contribution in [3.63, 3.8) is 0 Å². The van der Waals surface area contributed by atoms with Gasteiger partial charge in [0.05, 0.1) is 23.9 Å². The Hall–Kier alpha value is -2.93. The Morgan fingerprint density at radius 2 is 2.14 bits per heavy atom. The van der Waals surface area contributed by atoms with Gasteiger partial charge in [0.15, 0.2) is 5.65 Å². The number of nitrogens with one attached hydrogen (secondary N) is 2. The van der Waals surface area contributed by atoms with Crippen molar-refractivity contribution in [2.45, 2.75) is 25.4 Å². The molecule has 142 valence electrons. The van der Waals surface area contributed by atoms with Crippen LogP contribution in [-0.2, 0) is 0 Å². The number of hydrogen-bond acceptors (Lipinski definition) is 4. The topological polar surface area (TPSA) is 91.0 Å². The number of aromatic nitrogens is 3. The smallest absolute Gasteiger partial charge is 0.270 e. The number of nitrogens with zero attached hydrogens (tertiary/aromatic N) is 3. The summed E-state index contributed by atoms with van der Waals surface area (Å²) in [6.45, 7) is 2.56. The number of amides is 2. The molecular formula is C20H18ClN5O2. The first-order chi connectivity index (χ1) is 13.5. The fourth-order valence-corrected chi connectivity index (χ4v) is 4.56. The number of imidazole rings is 1. The number of benzene rings is 1. The summed E-state index contributed by atoms with van der Waals surface area (Å²) in [6.07, 6.45) is 2.45. The summed E-state index contributed by atoms with van der Waals surface area (Å²) in [4.78, 5) is 38.8. The van der Waals surface area contributed by atoms with Crippen LogP contribution in [0.2, 0.25) is 5.02 Å². The van der Waals surface area contributed by atoms with E-state index in [0.717, 1.165) is 17.5 Å². The lowest BCUT2D eigenvalue weighted by molar-refractivity contribution is 0.0698. The fraction of sp³-hybridized carbons (Fsp3) is 0.300. The van der Waals surface area contributed by atoms with E-state index < -0.39 is 0 Å². The number of rotatable bonds is 3. The molecule has 0 spiro atoms. The van der Waals surface area contributed by atoms with Crippen molar-refractivity contribution in [1.29, 1.82) is 0 Å². The summed E-state index contributed by atoms with van der Waals surface area (Å²) in [5.74, 6) is -0.00397. The van der Waals surface area contributed by atoms with Crippen molar-refractivity contribution in [2.75, 3.05) is 6.54 Å². The molecule has 2 saturated heterocycles. The maximum absolute atomic E-state index is 12.9. The standard InChI is InChI=1S/C20H18ClN5O2/c1-10-4-11(6-13(21)5-10)20(28)26-8-12-7-16(26)17(12)25-19(27)15-3-2-14-18(24-15)23-9-22-14/h2-6,9,12,16-17H,7-8H2,1H3,(H,25,27)(H,22,23,24). The lowest BCUT2D eigenvalue weighted by atomic mass is 9.80. The molecule has 8 heteroatoms. The molecule has 2 aromatic heterocycles. The number of carbonyl (C=O) groups excluding carboxylic acids is 2. The molecule has 3 aromatic rings. The lowest BCUT2D eigenvalue weighted by Crippen LogP contribution is -2.55. The van der Waals surface area contributed by atoms with Crippen molar-refractivity contribution < 1.29 is 9.59 Å². The van der Waals surface area contributed by atoms with Crippen molar-refractivity contribution >= 4 is 34.6 Å². The van der Waals surface area contributed by atoms with E-state index in [0.29, 0.717) is 28.5 Å². The van der Waals surface area contributed by atoms with Crippen molar-refractivity contribution in [1.82, 2.24) is 25.2 Å². The van der Waals surface area contributed by atoms with Gasteiger partial charge in [-0.25, -0.2) is 9.97 Å². The average Bonchev–Trinajstić information content (AvgIpc) is 3.37. The molecule has 3 atom stereocenters. The molecule has 2 amide bonds. The van der Waals surface area contributed by atoms with Crippen LogP contribution in [0, 0.1) is 12.8 Å². The third kappa shape index (κ3) is 2.74. The number of aromatic amines is 1. The third-order valence-corrected chi connectivity index (χ3v) is 5.88. The zero-order chi connectivity index (χ0) is 19.4. The molecule has 2 bridgehead atoms. The molecule has 6 rings (SSSR count). The first kappa shape index (κ1) is 17.2. The molecule has 2 aliphatic heterocycles. The minimum absolute atomic E-state index is 0.00912. The normalized spacial score (nSPS) is 22.9. The number of halogens is 1. The summed E-state index contributed by atoms with van der Waals surface area (Å²) in [5.41, 5.74) is 3.17. The maximum atomic E-state index is 12.9. The Bertz CT molecular complexity index is 1090. The Morgan fingerprint density at radius 3 is 2.96 bits per heavy atom. The number of carbonyl (C=O) groups is 2. The fourth-order valence-electron chi connectivity index (χ4n) is 4.27. The Labute approximate surface area is 166 Å². The van der Waals surface area contributed by atoms with E-state index in [1.165, 1.54) is 0 Å². The molecule has 7 nitrogen and oxygen atoms in total. The van der Waals surface area contributed by atoms with Crippen molar-refractivity contribution in [3.8, 4) is 0 Å². The second-order valence-corrected chi connectivity index (χ2v) is 7.94.